The maximum atomic E-state index is 11.3. The lowest BCUT2D eigenvalue weighted by Gasteiger charge is -2.03. The highest BCUT2D eigenvalue weighted by Gasteiger charge is 2.06. The first-order valence-electron chi connectivity index (χ1n) is 5.29. The van der Waals surface area contributed by atoms with Crippen molar-refractivity contribution in [3.63, 3.8) is 0 Å². The van der Waals surface area contributed by atoms with Crippen molar-refractivity contribution in [3.8, 4) is 0 Å². The van der Waals surface area contributed by atoms with Gasteiger partial charge in [0.1, 0.15) is 6.54 Å². The van der Waals surface area contributed by atoms with Gasteiger partial charge in [0.2, 0.25) is 0 Å². The molecule has 0 radical (unpaired) electrons. The number of carbonyl (C=O) groups excluding carboxylic acids is 2. The van der Waals surface area contributed by atoms with Crippen molar-refractivity contribution >= 4 is 17.7 Å². The van der Waals surface area contributed by atoms with Crippen LogP contribution in [0.25, 0.3) is 0 Å². The Bertz CT molecular complexity index is 389. The van der Waals surface area contributed by atoms with Crippen molar-refractivity contribution in [3.05, 3.63) is 12.4 Å². The summed E-state index contributed by atoms with van der Waals surface area (Å²) in [5.74, 6) is -0.393. The van der Waals surface area contributed by atoms with Gasteiger partial charge in [0.25, 0.3) is 0 Å². The molecular formula is C10H16N4O3. The zero-order valence-corrected chi connectivity index (χ0v) is 9.90. The van der Waals surface area contributed by atoms with Crippen LogP contribution in [0.3, 0.4) is 0 Å². The highest BCUT2D eigenvalue weighted by atomic mass is 16.5. The van der Waals surface area contributed by atoms with Gasteiger partial charge in [0.05, 0.1) is 19.0 Å². The second-order valence-electron chi connectivity index (χ2n) is 3.38. The molecule has 1 aromatic rings. The second kappa shape index (κ2) is 6.51. The van der Waals surface area contributed by atoms with E-state index in [-0.39, 0.29) is 12.6 Å². The van der Waals surface area contributed by atoms with Gasteiger partial charge in [-0.2, -0.15) is 5.10 Å². The summed E-state index contributed by atoms with van der Waals surface area (Å²) in [6.07, 6.45) is 3.89. The fraction of sp³-hybridized carbons (Fsp3) is 0.500. The molecule has 1 rings (SSSR count). The molecule has 0 saturated heterocycles. The first kappa shape index (κ1) is 13.0. The van der Waals surface area contributed by atoms with E-state index < -0.39 is 5.97 Å². The lowest BCUT2D eigenvalue weighted by atomic mass is 10.5. The molecule has 0 bridgehead atoms. The summed E-state index contributed by atoms with van der Waals surface area (Å²) in [6.45, 7) is 2.60. The SMILES string of the molecule is CCCNC(=O)Nc1cnn(CC(=O)OC)c1. The van der Waals surface area contributed by atoms with Crippen molar-refractivity contribution in [2.45, 2.75) is 19.9 Å². The van der Waals surface area contributed by atoms with Crippen LogP contribution in [0.5, 0.6) is 0 Å². The van der Waals surface area contributed by atoms with E-state index in [2.05, 4.69) is 20.5 Å². The summed E-state index contributed by atoms with van der Waals surface area (Å²) < 4.78 is 5.89. The van der Waals surface area contributed by atoms with Gasteiger partial charge in [-0.15, -0.1) is 0 Å². The number of nitrogens with one attached hydrogen (secondary N) is 2. The number of urea groups is 1. The number of aromatic nitrogens is 2. The van der Waals surface area contributed by atoms with Gasteiger partial charge >= 0.3 is 12.0 Å². The Morgan fingerprint density at radius 1 is 1.53 bits per heavy atom. The van der Waals surface area contributed by atoms with E-state index in [1.165, 1.54) is 18.0 Å². The van der Waals surface area contributed by atoms with E-state index in [4.69, 9.17) is 0 Å². The quantitative estimate of drug-likeness (QED) is 0.737. The van der Waals surface area contributed by atoms with E-state index in [0.717, 1.165) is 6.42 Å². The summed E-state index contributed by atoms with van der Waals surface area (Å²) in [5.41, 5.74) is 0.530. The molecule has 0 aliphatic rings. The molecule has 0 unspecified atom stereocenters. The van der Waals surface area contributed by atoms with Crippen molar-refractivity contribution in [1.82, 2.24) is 15.1 Å². The van der Waals surface area contributed by atoms with Crippen molar-refractivity contribution in [1.29, 1.82) is 0 Å². The molecule has 17 heavy (non-hydrogen) atoms. The minimum absolute atomic E-state index is 0.0226. The third-order valence-corrected chi connectivity index (χ3v) is 1.95. The number of amides is 2. The van der Waals surface area contributed by atoms with Gasteiger partial charge in [-0.1, -0.05) is 6.92 Å². The van der Waals surface area contributed by atoms with Crippen LogP contribution in [0.1, 0.15) is 13.3 Å². The lowest BCUT2D eigenvalue weighted by Crippen LogP contribution is -2.29. The molecule has 0 saturated carbocycles. The van der Waals surface area contributed by atoms with Crippen LogP contribution in [0.4, 0.5) is 10.5 Å². The number of methoxy groups -OCH3 is 1. The molecule has 0 spiro atoms. The predicted molar refractivity (Wildman–Crippen MR) is 61.6 cm³/mol. The summed E-state index contributed by atoms with van der Waals surface area (Å²) in [6, 6.07) is -0.288. The molecule has 0 fully saturated rings. The molecule has 2 amide bonds. The topological polar surface area (TPSA) is 85.3 Å². The first-order valence-corrected chi connectivity index (χ1v) is 5.29. The van der Waals surface area contributed by atoms with Crippen LogP contribution >= 0.6 is 0 Å². The fourth-order valence-corrected chi connectivity index (χ4v) is 1.13. The number of rotatable bonds is 5. The molecule has 94 valence electrons. The Hall–Kier alpha value is -2.05. The van der Waals surface area contributed by atoms with E-state index in [1.54, 1.807) is 6.20 Å². The molecule has 0 atom stereocenters. The number of hydrogen-bond donors (Lipinski definition) is 2. The highest BCUT2D eigenvalue weighted by molar-refractivity contribution is 5.88. The Morgan fingerprint density at radius 2 is 2.29 bits per heavy atom. The molecule has 0 aromatic carbocycles. The Labute approximate surface area is 99.1 Å². The van der Waals surface area contributed by atoms with E-state index in [1.807, 2.05) is 6.92 Å². The summed E-state index contributed by atoms with van der Waals surface area (Å²) in [4.78, 5) is 22.3. The maximum Gasteiger partial charge on any atom is 0.327 e. The maximum absolute atomic E-state index is 11.3. The van der Waals surface area contributed by atoms with E-state index in [9.17, 15) is 9.59 Å². The smallest absolute Gasteiger partial charge is 0.327 e. The molecule has 0 aliphatic heterocycles. The number of ether oxygens (including phenoxy) is 1. The average molecular weight is 240 g/mol. The number of anilines is 1. The minimum atomic E-state index is -0.393. The number of esters is 1. The molecule has 1 heterocycles. The van der Waals surface area contributed by atoms with Gasteiger partial charge in [-0.05, 0) is 6.42 Å². The lowest BCUT2D eigenvalue weighted by molar-refractivity contribution is -0.141. The van der Waals surface area contributed by atoms with Gasteiger partial charge in [0, 0.05) is 12.7 Å². The molecule has 0 aliphatic carbocycles. The zero-order chi connectivity index (χ0) is 12.7. The van der Waals surface area contributed by atoms with Crippen LogP contribution in [0.2, 0.25) is 0 Å². The van der Waals surface area contributed by atoms with Crippen molar-refractivity contribution < 1.29 is 14.3 Å². The standard InChI is InChI=1S/C10H16N4O3/c1-3-4-11-10(16)13-8-5-12-14(6-8)7-9(15)17-2/h5-6H,3-4,7H2,1-2H3,(H2,11,13,16). The van der Waals surface area contributed by atoms with Gasteiger partial charge in [-0.3, -0.25) is 9.48 Å². The van der Waals surface area contributed by atoms with Crippen molar-refractivity contribution in [2.24, 2.45) is 0 Å². The molecule has 7 heteroatoms. The molecule has 7 nitrogen and oxygen atoms in total. The van der Waals surface area contributed by atoms with E-state index in [0.29, 0.717) is 12.2 Å². The Balaban J connectivity index is 2.45. The van der Waals surface area contributed by atoms with Crippen LogP contribution in [-0.2, 0) is 16.1 Å². The molecule has 1 aromatic heterocycles. The number of hydrogen-bond acceptors (Lipinski definition) is 4. The summed E-state index contributed by atoms with van der Waals surface area (Å²) in [7, 11) is 1.31. The number of carbonyl (C=O) groups is 2. The zero-order valence-electron chi connectivity index (χ0n) is 9.90. The van der Waals surface area contributed by atoms with Crippen LogP contribution < -0.4 is 10.6 Å². The fourth-order valence-electron chi connectivity index (χ4n) is 1.13. The van der Waals surface area contributed by atoms with Crippen LogP contribution in [0.15, 0.2) is 12.4 Å². The summed E-state index contributed by atoms with van der Waals surface area (Å²) in [5, 5.41) is 9.18. The summed E-state index contributed by atoms with van der Waals surface area (Å²) >= 11 is 0. The third-order valence-electron chi connectivity index (χ3n) is 1.95. The minimum Gasteiger partial charge on any atom is -0.468 e. The first-order chi connectivity index (χ1) is 8.15. The predicted octanol–water partition coefficient (Wildman–Crippen LogP) is 0.588. The van der Waals surface area contributed by atoms with Crippen LogP contribution in [0, 0.1) is 0 Å². The average Bonchev–Trinajstić information content (AvgIpc) is 2.73. The highest BCUT2D eigenvalue weighted by Crippen LogP contribution is 2.04. The monoisotopic (exact) mass is 240 g/mol. The molecule has 2 N–H and O–H groups in total. The van der Waals surface area contributed by atoms with Gasteiger partial charge in [-0.25, -0.2) is 4.79 Å². The Morgan fingerprint density at radius 3 is 2.94 bits per heavy atom. The molecular weight excluding hydrogens is 224 g/mol. The van der Waals surface area contributed by atoms with Crippen molar-refractivity contribution in [2.75, 3.05) is 19.0 Å². The van der Waals surface area contributed by atoms with Gasteiger partial charge < -0.3 is 15.4 Å². The largest absolute Gasteiger partial charge is 0.468 e. The van der Waals surface area contributed by atoms with Crippen LogP contribution in [-0.4, -0.2) is 35.4 Å². The number of nitrogens with zero attached hydrogens (tertiary/aromatic N) is 2. The van der Waals surface area contributed by atoms with E-state index >= 15 is 0 Å². The third kappa shape index (κ3) is 4.54. The second-order valence-corrected chi connectivity index (χ2v) is 3.38. The Kier molecular flexibility index (Phi) is 4.99. The normalized spacial score (nSPS) is 9.76. The van der Waals surface area contributed by atoms with Gasteiger partial charge in [0.15, 0.2) is 0 Å².